The summed E-state index contributed by atoms with van der Waals surface area (Å²) in [6.45, 7) is 5.29. The van der Waals surface area contributed by atoms with E-state index in [9.17, 15) is 9.18 Å². The second-order valence-electron chi connectivity index (χ2n) is 6.11. The number of benzene rings is 2. The monoisotopic (exact) mass is 335 g/mol. The van der Waals surface area contributed by atoms with Crippen molar-refractivity contribution in [3.63, 3.8) is 0 Å². The summed E-state index contributed by atoms with van der Waals surface area (Å²) in [6, 6.07) is 12.1. The van der Waals surface area contributed by atoms with Gasteiger partial charge >= 0.3 is 5.97 Å². The molecule has 0 radical (unpaired) electrons. The van der Waals surface area contributed by atoms with Crippen LogP contribution in [-0.2, 0) is 9.53 Å². The largest absolute Gasteiger partial charge is 0.458 e. The summed E-state index contributed by atoms with van der Waals surface area (Å²) in [7, 11) is 0. The Balaban J connectivity index is 2.38. The molecule has 0 fully saturated rings. The summed E-state index contributed by atoms with van der Waals surface area (Å²) in [4.78, 5) is 12.5. The number of anilines is 1. The first-order valence-corrected chi connectivity index (χ1v) is 7.64. The van der Waals surface area contributed by atoms with E-state index >= 15 is 0 Å². The third-order valence-electron chi connectivity index (χ3n) is 3.03. The maximum Gasteiger partial charge on any atom is 0.333 e. The Morgan fingerprint density at radius 2 is 1.74 bits per heavy atom. The second-order valence-corrected chi connectivity index (χ2v) is 6.52. The predicted molar refractivity (Wildman–Crippen MR) is 90.1 cm³/mol. The molecule has 3 nitrogen and oxygen atoms in total. The topological polar surface area (TPSA) is 38.3 Å². The first-order valence-electron chi connectivity index (χ1n) is 7.26. The number of para-hydroxylation sites is 1. The lowest BCUT2D eigenvalue weighted by molar-refractivity contribution is -0.156. The van der Waals surface area contributed by atoms with Gasteiger partial charge in [-0.25, -0.2) is 9.18 Å². The number of hydrogen-bond donors (Lipinski definition) is 1. The van der Waals surface area contributed by atoms with Gasteiger partial charge in [0, 0.05) is 5.56 Å². The first kappa shape index (κ1) is 17.3. The Morgan fingerprint density at radius 1 is 1.13 bits per heavy atom. The zero-order chi connectivity index (χ0) is 17.0. The maximum absolute atomic E-state index is 14.2. The number of nitrogens with one attached hydrogen (secondary N) is 1. The van der Waals surface area contributed by atoms with E-state index < -0.39 is 23.4 Å². The van der Waals surface area contributed by atoms with Gasteiger partial charge in [0.25, 0.3) is 0 Å². The van der Waals surface area contributed by atoms with Gasteiger partial charge < -0.3 is 10.1 Å². The molecular formula is C18H19ClFNO2. The molecular weight excluding hydrogens is 317 g/mol. The number of hydrogen-bond acceptors (Lipinski definition) is 3. The van der Waals surface area contributed by atoms with Crippen LogP contribution in [0.15, 0.2) is 48.5 Å². The maximum atomic E-state index is 14.2. The SMILES string of the molecule is CC(C)(C)OC(=O)C(Nc1ccccc1Cl)c1ccccc1F. The van der Waals surface area contributed by atoms with Gasteiger partial charge in [0.1, 0.15) is 11.4 Å². The molecule has 0 saturated carbocycles. The minimum absolute atomic E-state index is 0.210. The molecule has 2 rings (SSSR count). The molecule has 0 aliphatic carbocycles. The fourth-order valence-electron chi connectivity index (χ4n) is 2.07. The van der Waals surface area contributed by atoms with Gasteiger partial charge in [-0.3, -0.25) is 0 Å². The summed E-state index contributed by atoms with van der Waals surface area (Å²) >= 11 is 6.12. The number of halogens is 2. The smallest absolute Gasteiger partial charge is 0.333 e. The van der Waals surface area contributed by atoms with Crippen molar-refractivity contribution in [2.75, 3.05) is 5.32 Å². The highest BCUT2D eigenvalue weighted by Crippen LogP contribution is 2.29. The van der Waals surface area contributed by atoms with E-state index in [1.165, 1.54) is 6.07 Å². The minimum Gasteiger partial charge on any atom is -0.458 e. The average molecular weight is 336 g/mol. The Hall–Kier alpha value is -2.07. The number of esters is 1. The molecule has 2 aromatic carbocycles. The van der Waals surface area contributed by atoms with Crippen molar-refractivity contribution < 1.29 is 13.9 Å². The highest BCUT2D eigenvalue weighted by Gasteiger charge is 2.29. The Bertz CT molecular complexity index is 697. The number of ether oxygens (including phenoxy) is 1. The average Bonchev–Trinajstić information content (AvgIpc) is 2.45. The van der Waals surface area contributed by atoms with E-state index in [1.807, 2.05) is 0 Å². The van der Waals surface area contributed by atoms with Gasteiger partial charge in [-0.1, -0.05) is 41.9 Å². The molecule has 0 aliphatic heterocycles. The van der Waals surface area contributed by atoms with E-state index in [1.54, 1.807) is 63.2 Å². The summed E-state index contributed by atoms with van der Waals surface area (Å²) in [5.41, 5.74) is 0.0675. The zero-order valence-electron chi connectivity index (χ0n) is 13.3. The lowest BCUT2D eigenvalue weighted by Crippen LogP contribution is -2.31. The van der Waals surface area contributed by atoms with Crippen LogP contribution >= 0.6 is 11.6 Å². The molecule has 0 aliphatic rings. The van der Waals surface area contributed by atoms with Crippen molar-refractivity contribution in [1.82, 2.24) is 0 Å². The van der Waals surface area contributed by atoms with Crippen LogP contribution in [-0.4, -0.2) is 11.6 Å². The third-order valence-corrected chi connectivity index (χ3v) is 3.36. The summed E-state index contributed by atoms with van der Waals surface area (Å²) in [6.07, 6.45) is 0. The van der Waals surface area contributed by atoms with Crippen LogP contribution < -0.4 is 5.32 Å². The molecule has 0 heterocycles. The normalized spacial score (nSPS) is 12.6. The van der Waals surface area contributed by atoms with Crippen molar-refractivity contribution in [3.05, 3.63) is 64.9 Å². The van der Waals surface area contributed by atoms with E-state index in [0.717, 1.165) is 0 Å². The van der Waals surface area contributed by atoms with Crippen LogP contribution in [0.25, 0.3) is 0 Å². The molecule has 0 spiro atoms. The molecule has 1 atom stereocenters. The molecule has 0 aromatic heterocycles. The van der Waals surface area contributed by atoms with E-state index in [2.05, 4.69) is 5.32 Å². The summed E-state index contributed by atoms with van der Waals surface area (Å²) < 4.78 is 19.6. The zero-order valence-corrected chi connectivity index (χ0v) is 14.0. The van der Waals surface area contributed by atoms with Crippen molar-refractivity contribution in [2.45, 2.75) is 32.4 Å². The van der Waals surface area contributed by atoms with Crippen LogP contribution in [0.3, 0.4) is 0 Å². The van der Waals surface area contributed by atoms with Crippen LogP contribution in [0.4, 0.5) is 10.1 Å². The molecule has 1 unspecified atom stereocenters. The van der Waals surface area contributed by atoms with Gasteiger partial charge in [0.05, 0.1) is 10.7 Å². The number of carbonyl (C=O) groups is 1. The molecule has 0 saturated heterocycles. The van der Waals surface area contributed by atoms with Crippen molar-refractivity contribution in [3.8, 4) is 0 Å². The minimum atomic E-state index is -0.990. The number of carbonyl (C=O) groups excluding carboxylic acids is 1. The molecule has 0 bridgehead atoms. The molecule has 0 amide bonds. The molecule has 1 N–H and O–H groups in total. The summed E-state index contributed by atoms with van der Waals surface area (Å²) in [5, 5.41) is 3.42. The van der Waals surface area contributed by atoms with Crippen molar-refractivity contribution in [1.29, 1.82) is 0 Å². The molecule has 2 aromatic rings. The fourth-order valence-corrected chi connectivity index (χ4v) is 2.26. The predicted octanol–water partition coefficient (Wildman–Crippen LogP) is 4.97. The van der Waals surface area contributed by atoms with Gasteiger partial charge in [-0.15, -0.1) is 0 Å². The van der Waals surface area contributed by atoms with Crippen LogP contribution in [0, 0.1) is 5.82 Å². The standard InChI is InChI=1S/C18H19ClFNO2/c1-18(2,3)23-17(22)16(12-8-4-6-10-14(12)20)21-15-11-7-5-9-13(15)19/h4-11,16,21H,1-3H3. The lowest BCUT2D eigenvalue weighted by Gasteiger charge is -2.26. The highest BCUT2D eigenvalue weighted by atomic mass is 35.5. The van der Waals surface area contributed by atoms with Crippen LogP contribution in [0.5, 0.6) is 0 Å². The van der Waals surface area contributed by atoms with Gasteiger partial charge in [-0.05, 0) is 39.0 Å². The number of rotatable bonds is 4. The summed E-state index contributed by atoms with van der Waals surface area (Å²) in [5.74, 6) is -1.05. The Morgan fingerprint density at radius 3 is 2.35 bits per heavy atom. The quantitative estimate of drug-likeness (QED) is 0.801. The lowest BCUT2D eigenvalue weighted by atomic mass is 10.1. The van der Waals surface area contributed by atoms with Crippen LogP contribution in [0.2, 0.25) is 5.02 Å². The van der Waals surface area contributed by atoms with Gasteiger partial charge in [0.2, 0.25) is 0 Å². The van der Waals surface area contributed by atoms with Crippen LogP contribution in [0.1, 0.15) is 32.4 Å². The molecule has 5 heteroatoms. The third kappa shape index (κ3) is 4.70. The van der Waals surface area contributed by atoms with E-state index in [0.29, 0.717) is 10.7 Å². The van der Waals surface area contributed by atoms with Gasteiger partial charge in [-0.2, -0.15) is 0 Å². The fraction of sp³-hybridized carbons (Fsp3) is 0.278. The van der Waals surface area contributed by atoms with Crippen molar-refractivity contribution >= 4 is 23.3 Å². The molecule has 23 heavy (non-hydrogen) atoms. The van der Waals surface area contributed by atoms with Crippen molar-refractivity contribution in [2.24, 2.45) is 0 Å². The Labute approximate surface area is 140 Å². The van der Waals surface area contributed by atoms with E-state index in [-0.39, 0.29) is 5.56 Å². The second kappa shape index (κ2) is 7.01. The highest BCUT2D eigenvalue weighted by molar-refractivity contribution is 6.33. The first-order chi connectivity index (χ1) is 10.8. The van der Waals surface area contributed by atoms with Gasteiger partial charge in [0.15, 0.2) is 6.04 Å². The molecule has 122 valence electrons. The van der Waals surface area contributed by atoms with E-state index in [4.69, 9.17) is 16.3 Å². The Kier molecular flexibility index (Phi) is 5.26.